The maximum absolute atomic E-state index is 5.36. The van der Waals surface area contributed by atoms with Crippen LogP contribution in [0.15, 0.2) is 24.4 Å². The molecule has 1 aromatic carbocycles. The Kier molecular flexibility index (Phi) is 2.20. The first-order valence-corrected chi connectivity index (χ1v) is 4.88. The summed E-state index contributed by atoms with van der Waals surface area (Å²) in [6.07, 6.45) is 3.08. The number of nitrogens with zero attached hydrogens (tertiary/aromatic N) is 1. The zero-order valence-corrected chi connectivity index (χ0v) is 8.87. The molecule has 0 aliphatic carbocycles. The van der Waals surface area contributed by atoms with E-state index in [1.165, 1.54) is 16.5 Å². The third-order valence-corrected chi connectivity index (χ3v) is 2.67. The highest BCUT2D eigenvalue weighted by molar-refractivity contribution is 5.82. The van der Waals surface area contributed by atoms with Gasteiger partial charge in [-0.2, -0.15) is 0 Å². The Bertz CT molecular complexity index is 457. The molecule has 2 heteroatoms. The summed E-state index contributed by atoms with van der Waals surface area (Å²) in [5.41, 5.74) is 2.49. The number of aryl methyl sites for hydroxylation is 2. The van der Waals surface area contributed by atoms with Crippen LogP contribution >= 0.6 is 0 Å². The number of rotatable bonds is 2. The highest BCUT2D eigenvalue weighted by Gasteiger charge is 2.05. The minimum absolute atomic E-state index is 0.988. The van der Waals surface area contributed by atoms with Gasteiger partial charge in [-0.25, -0.2) is 0 Å². The molecular formula is C12H15NO. The molecule has 0 saturated heterocycles. The molecule has 14 heavy (non-hydrogen) atoms. The third kappa shape index (κ3) is 1.27. The second kappa shape index (κ2) is 3.37. The average molecular weight is 189 g/mol. The second-order valence-electron chi connectivity index (χ2n) is 3.50. The van der Waals surface area contributed by atoms with Crippen molar-refractivity contribution < 1.29 is 4.74 Å². The summed E-state index contributed by atoms with van der Waals surface area (Å²) in [6, 6.07) is 6.44. The van der Waals surface area contributed by atoms with Crippen molar-refractivity contribution in [1.29, 1.82) is 0 Å². The van der Waals surface area contributed by atoms with E-state index in [9.17, 15) is 0 Å². The summed E-state index contributed by atoms with van der Waals surface area (Å²) in [5.74, 6) is 0.988. The molecule has 2 rings (SSSR count). The number of benzene rings is 1. The Labute approximate surface area is 84.1 Å². The number of aromatic nitrogens is 1. The topological polar surface area (TPSA) is 14.2 Å². The Hall–Kier alpha value is -1.44. The molecule has 74 valence electrons. The second-order valence-corrected chi connectivity index (χ2v) is 3.50. The van der Waals surface area contributed by atoms with E-state index >= 15 is 0 Å². The van der Waals surface area contributed by atoms with Gasteiger partial charge in [-0.15, -0.1) is 0 Å². The van der Waals surface area contributed by atoms with E-state index in [0.717, 1.165) is 12.2 Å². The maximum Gasteiger partial charge on any atom is 0.124 e. The van der Waals surface area contributed by atoms with E-state index in [1.54, 1.807) is 7.11 Å². The van der Waals surface area contributed by atoms with E-state index in [4.69, 9.17) is 4.74 Å². The van der Waals surface area contributed by atoms with Crippen molar-refractivity contribution >= 4 is 10.9 Å². The zero-order chi connectivity index (χ0) is 10.1. The van der Waals surface area contributed by atoms with Crippen molar-refractivity contribution in [2.24, 2.45) is 7.05 Å². The summed E-state index contributed by atoms with van der Waals surface area (Å²) in [4.78, 5) is 0. The monoisotopic (exact) mass is 189 g/mol. The molecule has 0 atom stereocenters. The van der Waals surface area contributed by atoms with Crippen LogP contribution in [0.25, 0.3) is 10.9 Å². The fourth-order valence-electron chi connectivity index (χ4n) is 1.81. The van der Waals surface area contributed by atoms with E-state index in [0.29, 0.717) is 0 Å². The normalized spacial score (nSPS) is 10.8. The van der Waals surface area contributed by atoms with E-state index < -0.39 is 0 Å². The molecule has 0 unspecified atom stereocenters. The van der Waals surface area contributed by atoms with Gasteiger partial charge in [0.1, 0.15) is 5.75 Å². The van der Waals surface area contributed by atoms with Gasteiger partial charge in [-0.05, 0) is 24.1 Å². The van der Waals surface area contributed by atoms with Gasteiger partial charge in [-0.1, -0.05) is 6.92 Å². The van der Waals surface area contributed by atoms with Crippen molar-refractivity contribution in [3.63, 3.8) is 0 Å². The fraction of sp³-hybridized carbons (Fsp3) is 0.333. The molecule has 0 aliphatic rings. The lowest BCUT2D eigenvalue weighted by molar-refractivity contribution is 0.410. The molecule has 2 nitrogen and oxygen atoms in total. The summed E-state index contributed by atoms with van der Waals surface area (Å²) >= 11 is 0. The zero-order valence-electron chi connectivity index (χ0n) is 8.87. The number of methoxy groups -OCH3 is 1. The predicted octanol–water partition coefficient (Wildman–Crippen LogP) is 2.75. The van der Waals surface area contributed by atoms with Crippen LogP contribution in [0.2, 0.25) is 0 Å². The summed E-state index contributed by atoms with van der Waals surface area (Å²) in [5, 5.41) is 1.28. The van der Waals surface area contributed by atoms with Crippen molar-refractivity contribution in [2.75, 3.05) is 7.11 Å². The van der Waals surface area contributed by atoms with Crippen LogP contribution in [-0.4, -0.2) is 11.7 Å². The lowest BCUT2D eigenvalue weighted by atomic mass is 10.1. The molecule has 0 bridgehead atoms. The van der Waals surface area contributed by atoms with Crippen LogP contribution in [0.3, 0.4) is 0 Å². The van der Waals surface area contributed by atoms with Crippen molar-refractivity contribution in [1.82, 2.24) is 4.57 Å². The predicted molar refractivity (Wildman–Crippen MR) is 58.8 cm³/mol. The van der Waals surface area contributed by atoms with Gasteiger partial charge >= 0.3 is 0 Å². The number of ether oxygens (including phenoxy) is 1. The van der Waals surface area contributed by atoms with Gasteiger partial charge in [0.05, 0.1) is 12.6 Å². The van der Waals surface area contributed by atoms with Crippen LogP contribution in [0.5, 0.6) is 5.75 Å². The van der Waals surface area contributed by atoms with Crippen LogP contribution in [-0.2, 0) is 13.5 Å². The van der Waals surface area contributed by atoms with Gasteiger partial charge in [0, 0.05) is 24.7 Å². The highest BCUT2D eigenvalue weighted by Crippen LogP contribution is 2.26. The number of fused-ring (bicyclic) bond motifs is 1. The molecular weight excluding hydrogens is 174 g/mol. The van der Waals surface area contributed by atoms with Gasteiger partial charge in [0.2, 0.25) is 0 Å². The number of hydrogen-bond acceptors (Lipinski definition) is 1. The largest absolute Gasteiger partial charge is 0.496 e. The Morgan fingerprint density at radius 2 is 2.14 bits per heavy atom. The van der Waals surface area contributed by atoms with Crippen LogP contribution in [0.1, 0.15) is 12.5 Å². The molecule has 0 aliphatic heterocycles. The molecule has 0 radical (unpaired) electrons. The maximum atomic E-state index is 5.36. The molecule has 1 aromatic heterocycles. The van der Waals surface area contributed by atoms with Gasteiger partial charge in [-0.3, -0.25) is 0 Å². The van der Waals surface area contributed by atoms with E-state index in [2.05, 4.69) is 35.9 Å². The molecule has 0 spiro atoms. The molecule has 0 fully saturated rings. The quantitative estimate of drug-likeness (QED) is 0.708. The minimum atomic E-state index is 0.988. The minimum Gasteiger partial charge on any atom is -0.496 e. The van der Waals surface area contributed by atoms with Gasteiger partial charge in [0.25, 0.3) is 0 Å². The van der Waals surface area contributed by atoms with Gasteiger partial charge < -0.3 is 9.30 Å². The van der Waals surface area contributed by atoms with Crippen LogP contribution < -0.4 is 4.74 Å². The average Bonchev–Trinajstić information content (AvgIpc) is 2.58. The first-order valence-electron chi connectivity index (χ1n) is 4.88. The first-order chi connectivity index (χ1) is 6.76. The standard InChI is InChI=1S/C12H15NO/c1-4-9-7-10-5-6-13(2)11(10)8-12(9)14-3/h5-8H,4H2,1-3H3. The summed E-state index contributed by atoms with van der Waals surface area (Å²) < 4.78 is 7.46. The summed E-state index contributed by atoms with van der Waals surface area (Å²) in [6.45, 7) is 2.15. The molecule has 2 aromatic rings. The number of hydrogen-bond donors (Lipinski definition) is 0. The molecule has 1 heterocycles. The fourth-order valence-corrected chi connectivity index (χ4v) is 1.81. The third-order valence-electron chi connectivity index (χ3n) is 2.67. The van der Waals surface area contributed by atoms with Crippen LogP contribution in [0, 0.1) is 0 Å². The lowest BCUT2D eigenvalue weighted by Gasteiger charge is -2.07. The van der Waals surface area contributed by atoms with Crippen LogP contribution in [0.4, 0.5) is 0 Å². The smallest absolute Gasteiger partial charge is 0.124 e. The van der Waals surface area contributed by atoms with Crippen molar-refractivity contribution in [2.45, 2.75) is 13.3 Å². The van der Waals surface area contributed by atoms with Crippen molar-refractivity contribution in [3.8, 4) is 5.75 Å². The molecule has 0 amide bonds. The highest BCUT2D eigenvalue weighted by atomic mass is 16.5. The SMILES string of the molecule is CCc1cc2ccn(C)c2cc1OC. The van der Waals surface area contributed by atoms with Gasteiger partial charge in [0.15, 0.2) is 0 Å². The Morgan fingerprint density at radius 1 is 1.36 bits per heavy atom. The van der Waals surface area contributed by atoms with Crippen molar-refractivity contribution in [3.05, 3.63) is 30.0 Å². The van der Waals surface area contributed by atoms with E-state index in [1.807, 2.05) is 7.05 Å². The van der Waals surface area contributed by atoms with E-state index in [-0.39, 0.29) is 0 Å². The Morgan fingerprint density at radius 3 is 2.79 bits per heavy atom. The molecule has 0 saturated carbocycles. The lowest BCUT2D eigenvalue weighted by Crippen LogP contribution is -1.92. The summed E-state index contributed by atoms with van der Waals surface area (Å²) in [7, 11) is 3.77. The Balaban J connectivity index is 2.71. The molecule has 0 N–H and O–H groups in total. The first kappa shape index (κ1) is 9.13.